The molecule has 0 unspecified atom stereocenters. The number of nitrogens with one attached hydrogen (secondary N) is 2. The van der Waals surface area contributed by atoms with E-state index in [-0.39, 0.29) is 29.5 Å². The minimum absolute atomic E-state index is 0.0193. The third-order valence-corrected chi connectivity index (χ3v) is 6.18. The summed E-state index contributed by atoms with van der Waals surface area (Å²) in [6.07, 6.45) is -0.278. The summed E-state index contributed by atoms with van der Waals surface area (Å²) in [5.74, 6) is -0.932. The van der Waals surface area contributed by atoms with Crippen LogP contribution < -0.4 is 15.4 Å². The lowest BCUT2D eigenvalue weighted by atomic mass is 10.2. The Hall–Kier alpha value is -2.94. The minimum Gasteiger partial charge on any atom is -0.482 e. The molecule has 0 aromatic heterocycles. The molecule has 27 heavy (non-hydrogen) atoms. The van der Waals surface area contributed by atoms with Crippen LogP contribution in [0.25, 0.3) is 0 Å². The van der Waals surface area contributed by atoms with E-state index in [1.54, 1.807) is 0 Å². The molecule has 7 nitrogen and oxygen atoms in total. The van der Waals surface area contributed by atoms with Crippen molar-refractivity contribution in [3.05, 3.63) is 48.3 Å². The molecule has 0 bridgehead atoms. The highest BCUT2D eigenvalue weighted by atomic mass is 32.2. The highest BCUT2D eigenvalue weighted by molar-refractivity contribution is 7.92. The Labute approximate surface area is 155 Å². The van der Waals surface area contributed by atoms with Crippen LogP contribution in [0.15, 0.2) is 47.4 Å². The molecule has 0 spiro atoms. The molecule has 0 fully saturated rings. The quantitative estimate of drug-likeness (QED) is 0.813. The monoisotopic (exact) mass is 392 g/mol. The van der Waals surface area contributed by atoms with E-state index in [9.17, 15) is 22.4 Å². The van der Waals surface area contributed by atoms with E-state index in [4.69, 9.17) is 4.74 Å². The average molecular weight is 392 g/mol. The first-order valence-electron chi connectivity index (χ1n) is 8.12. The average Bonchev–Trinajstić information content (AvgIpc) is 2.62. The van der Waals surface area contributed by atoms with Crippen LogP contribution in [0.1, 0.15) is 13.3 Å². The summed E-state index contributed by atoms with van der Waals surface area (Å²) in [6, 6.07) is 9.32. The Balaban J connectivity index is 1.72. The van der Waals surface area contributed by atoms with Gasteiger partial charge in [-0.2, -0.15) is 0 Å². The second-order valence-corrected chi connectivity index (χ2v) is 8.48. The van der Waals surface area contributed by atoms with Gasteiger partial charge in [-0.3, -0.25) is 9.59 Å². The van der Waals surface area contributed by atoms with Crippen LogP contribution in [0.5, 0.6) is 5.75 Å². The van der Waals surface area contributed by atoms with E-state index < -0.39 is 26.8 Å². The highest BCUT2D eigenvalue weighted by Crippen LogP contribution is 2.31. The number of amides is 2. The van der Waals surface area contributed by atoms with Gasteiger partial charge in [-0.05, 0) is 49.4 Å². The second-order valence-electron chi connectivity index (χ2n) is 6.11. The van der Waals surface area contributed by atoms with Gasteiger partial charge in [-0.25, -0.2) is 12.8 Å². The first-order chi connectivity index (χ1) is 12.8. The fourth-order valence-electron chi connectivity index (χ4n) is 2.59. The number of hydrogen-bond donors (Lipinski definition) is 2. The zero-order valence-electron chi connectivity index (χ0n) is 14.4. The van der Waals surface area contributed by atoms with Crippen LogP contribution in [0.4, 0.5) is 15.8 Å². The molecule has 0 radical (unpaired) electrons. The summed E-state index contributed by atoms with van der Waals surface area (Å²) in [5, 5.41) is 4.08. The van der Waals surface area contributed by atoms with Gasteiger partial charge in [0.15, 0.2) is 16.4 Å². The van der Waals surface area contributed by atoms with Gasteiger partial charge in [0.1, 0.15) is 11.6 Å². The van der Waals surface area contributed by atoms with E-state index in [0.717, 1.165) is 0 Å². The lowest BCUT2D eigenvalue weighted by molar-refractivity contribution is -0.118. The third-order valence-electron chi connectivity index (χ3n) is 4.04. The Kier molecular flexibility index (Phi) is 5.13. The smallest absolute Gasteiger partial charge is 0.262 e. The van der Waals surface area contributed by atoms with Crippen molar-refractivity contribution in [3.63, 3.8) is 0 Å². The van der Waals surface area contributed by atoms with Gasteiger partial charge in [-0.1, -0.05) is 0 Å². The summed E-state index contributed by atoms with van der Waals surface area (Å²) in [4.78, 5) is 23.5. The third kappa shape index (κ3) is 4.25. The maximum Gasteiger partial charge on any atom is 0.262 e. The Morgan fingerprint density at radius 1 is 1.26 bits per heavy atom. The number of halogens is 1. The van der Waals surface area contributed by atoms with Gasteiger partial charge in [-0.15, -0.1) is 0 Å². The van der Waals surface area contributed by atoms with Gasteiger partial charge in [0.2, 0.25) is 5.91 Å². The molecule has 2 amide bonds. The maximum absolute atomic E-state index is 12.9. The molecule has 142 valence electrons. The summed E-state index contributed by atoms with van der Waals surface area (Å²) in [6.45, 7) is 1.30. The number of rotatable bonds is 5. The van der Waals surface area contributed by atoms with Crippen molar-refractivity contribution in [2.45, 2.75) is 23.5 Å². The largest absolute Gasteiger partial charge is 0.482 e. The molecule has 3 rings (SSSR count). The number of anilines is 2. The number of ether oxygens (including phenoxy) is 1. The van der Waals surface area contributed by atoms with Crippen LogP contribution in [-0.2, 0) is 19.4 Å². The lowest BCUT2D eigenvalue weighted by Gasteiger charge is -2.19. The van der Waals surface area contributed by atoms with E-state index in [0.29, 0.717) is 11.4 Å². The molecule has 0 saturated carbocycles. The van der Waals surface area contributed by atoms with Crippen molar-refractivity contribution < 1.29 is 27.1 Å². The number of hydrogen-bond acceptors (Lipinski definition) is 5. The molecular formula is C18H17FN2O5S. The topological polar surface area (TPSA) is 102 Å². The fourth-order valence-corrected chi connectivity index (χ4v) is 3.96. The van der Waals surface area contributed by atoms with Crippen LogP contribution in [0.3, 0.4) is 0 Å². The maximum atomic E-state index is 12.9. The van der Waals surface area contributed by atoms with Crippen LogP contribution in [0.2, 0.25) is 0 Å². The Morgan fingerprint density at radius 2 is 1.96 bits per heavy atom. The standard InChI is InChI=1S/C18H17FN2O5S/c1-11(8-17(22)20-13-4-2-12(19)3-5-13)27(24,25)14-6-7-16-15(9-14)21-18(23)10-26-16/h2-7,9,11H,8,10H2,1H3,(H,20,22)(H,21,23)/t11-/m1/s1. The summed E-state index contributed by atoms with van der Waals surface area (Å²) in [7, 11) is -3.81. The summed E-state index contributed by atoms with van der Waals surface area (Å²) in [5.41, 5.74) is 0.648. The first-order valence-corrected chi connectivity index (χ1v) is 9.66. The lowest BCUT2D eigenvalue weighted by Crippen LogP contribution is -2.27. The van der Waals surface area contributed by atoms with Gasteiger partial charge >= 0.3 is 0 Å². The number of sulfone groups is 1. The van der Waals surface area contributed by atoms with Crippen LogP contribution >= 0.6 is 0 Å². The second kappa shape index (κ2) is 7.36. The Bertz CT molecular complexity index is 989. The molecule has 0 saturated heterocycles. The summed E-state index contributed by atoms with van der Waals surface area (Å²) >= 11 is 0. The predicted octanol–water partition coefficient (Wildman–Crippen LogP) is 2.35. The minimum atomic E-state index is -3.81. The molecule has 0 aliphatic carbocycles. The van der Waals surface area contributed by atoms with E-state index >= 15 is 0 Å². The number of fused-ring (bicyclic) bond motifs is 1. The molecule has 2 aromatic carbocycles. The molecule has 1 aliphatic heterocycles. The number of benzene rings is 2. The van der Waals surface area contributed by atoms with Gasteiger partial charge in [0.05, 0.1) is 15.8 Å². The zero-order valence-corrected chi connectivity index (χ0v) is 15.2. The van der Waals surface area contributed by atoms with Gasteiger partial charge < -0.3 is 15.4 Å². The van der Waals surface area contributed by atoms with E-state index in [1.807, 2.05) is 0 Å². The molecule has 1 aliphatic rings. The molecule has 1 atom stereocenters. The first kappa shape index (κ1) is 18.8. The van der Waals surface area contributed by atoms with Gasteiger partial charge in [0, 0.05) is 12.1 Å². The molecular weight excluding hydrogens is 375 g/mol. The van der Waals surface area contributed by atoms with Crippen molar-refractivity contribution in [1.82, 2.24) is 0 Å². The number of carbonyl (C=O) groups excluding carboxylic acids is 2. The van der Waals surface area contributed by atoms with E-state index in [2.05, 4.69) is 10.6 Å². The van der Waals surface area contributed by atoms with Crippen molar-refractivity contribution in [1.29, 1.82) is 0 Å². The zero-order chi connectivity index (χ0) is 19.6. The van der Waals surface area contributed by atoms with Crippen molar-refractivity contribution in [3.8, 4) is 5.75 Å². The van der Waals surface area contributed by atoms with Crippen LogP contribution in [-0.4, -0.2) is 32.1 Å². The molecule has 1 heterocycles. The molecule has 2 N–H and O–H groups in total. The van der Waals surface area contributed by atoms with Crippen LogP contribution in [0, 0.1) is 5.82 Å². The Morgan fingerprint density at radius 3 is 2.67 bits per heavy atom. The number of carbonyl (C=O) groups is 2. The van der Waals surface area contributed by atoms with Crippen molar-refractivity contribution in [2.24, 2.45) is 0 Å². The summed E-state index contributed by atoms with van der Waals surface area (Å²) < 4.78 is 43.6. The van der Waals surface area contributed by atoms with Gasteiger partial charge in [0.25, 0.3) is 5.91 Å². The van der Waals surface area contributed by atoms with Crippen molar-refractivity contribution in [2.75, 3.05) is 17.2 Å². The fraction of sp³-hybridized carbons (Fsp3) is 0.222. The SMILES string of the molecule is C[C@H](CC(=O)Nc1ccc(F)cc1)S(=O)(=O)c1ccc2c(c1)NC(=O)CO2. The van der Waals surface area contributed by atoms with E-state index in [1.165, 1.54) is 49.4 Å². The molecule has 9 heteroatoms. The highest BCUT2D eigenvalue weighted by Gasteiger charge is 2.27. The predicted molar refractivity (Wildman–Crippen MR) is 96.9 cm³/mol. The normalized spacial score (nSPS) is 14.5. The van der Waals surface area contributed by atoms with Crippen molar-refractivity contribution >= 4 is 33.0 Å². The molecule has 2 aromatic rings.